The fraction of sp³-hybridized carbons (Fsp3) is 0.375. The molecule has 102 valence electrons. The highest BCUT2D eigenvalue weighted by atomic mass is 79.9. The van der Waals surface area contributed by atoms with Crippen LogP contribution in [0.3, 0.4) is 0 Å². The molecular formula is C16H20BrNO. The summed E-state index contributed by atoms with van der Waals surface area (Å²) in [6.45, 7) is 5.42. The predicted molar refractivity (Wildman–Crippen MR) is 83.3 cm³/mol. The molecule has 0 bridgehead atoms. The van der Waals surface area contributed by atoms with Crippen molar-refractivity contribution in [3.63, 3.8) is 0 Å². The molecule has 0 saturated carbocycles. The van der Waals surface area contributed by atoms with Crippen molar-refractivity contribution < 1.29 is 4.42 Å². The van der Waals surface area contributed by atoms with Crippen molar-refractivity contribution in [2.24, 2.45) is 0 Å². The van der Waals surface area contributed by atoms with Crippen molar-refractivity contribution in [1.29, 1.82) is 0 Å². The summed E-state index contributed by atoms with van der Waals surface area (Å²) in [7, 11) is 0. The summed E-state index contributed by atoms with van der Waals surface area (Å²) in [6, 6.07) is 12.7. The first-order valence-corrected chi connectivity index (χ1v) is 7.57. The second-order valence-electron chi connectivity index (χ2n) is 4.81. The average Bonchev–Trinajstić information content (AvgIpc) is 2.85. The van der Waals surface area contributed by atoms with Gasteiger partial charge in [-0.3, -0.25) is 0 Å². The molecule has 19 heavy (non-hydrogen) atoms. The van der Waals surface area contributed by atoms with E-state index in [1.54, 1.807) is 0 Å². The largest absolute Gasteiger partial charge is 0.461 e. The first kappa shape index (κ1) is 14.4. The van der Waals surface area contributed by atoms with E-state index in [2.05, 4.69) is 47.2 Å². The van der Waals surface area contributed by atoms with Gasteiger partial charge in [0.2, 0.25) is 0 Å². The van der Waals surface area contributed by atoms with E-state index in [1.807, 2.05) is 24.3 Å². The van der Waals surface area contributed by atoms with E-state index in [9.17, 15) is 0 Å². The summed E-state index contributed by atoms with van der Waals surface area (Å²) in [6.07, 6.45) is 2.08. The maximum atomic E-state index is 5.93. The molecule has 1 heterocycles. The second kappa shape index (κ2) is 6.92. The lowest BCUT2D eigenvalue weighted by Gasteiger charge is -2.11. The summed E-state index contributed by atoms with van der Waals surface area (Å²) in [4.78, 5) is 0. The van der Waals surface area contributed by atoms with Gasteiger partial charge in [-0.25, -0.2) is 0 Å². The van der Waals surface area contributed by atoms with E-state index in [0.29, 0.717) is 6.04 Å². The van der Waals surface area contributed by atoms with Gasteiger partial charge < -0.3 is 9.73 Å². The summed E-state index contributed by atoms with van der Waals surface area (Å²) < 4.78 is 6.99. The summed E-state index contributed by atoms with van der Waals surface area (Å²) in [5, 5.41) is 3.47. The molecule has 2 nitrogen and oxygen atoms in total. The van der Waals surface area contributed by atoms with Gasteiger partial charge in [0, 0.05) is 22.5 Å². The van der Waals surface area contributed by atoms with Crippen LogP contribution in [0.4, 0.5) is 0 Å². The zero-order valence-corrected chi connectivity index (χ0v) is 13.0. The Hall–Kier alpha value is -1.06. The Kier molecular flexibility index (Phi) is 5.23. The topological polar surface area (TPSA) is 25.2 Å². The highest BCUT2D eigenvalue weighted by Gasteiger charge is 2.10. The van der Waals surface area contributed by atoms with Crippen molar-refractivity contribution in [3.05, 3.63) is 46.6 Å². The van der Waals surface area contributed by atoms with Gasteiger partial charge >= 0.3 is 0 Å². The van der Waals surface area contributed by atoms with Crippen LogP contribution in [0, 0.1) is 0 Å². The summed E-state index contributed by atoms with van der Waals surface area (Å²) >= 11 is 3.55. The second-order valence-corrected chi connectivity index (χ2v) is 5.66. The molecule has 3 heteroatoms. The molecule has 0 radical (unpaired) electrons. The SMILES string of the molecule is CCCNC(C)Cc1ccc(-c2ccccc2Br)o1. The molecule has 0 saturated heterocycles. The molecule has 0 amide bonds. The third kappa shape index (κ3) is 3.95. The van der Waals surface area contributed by atoms with Gasteiger partial charge in [-0.05, 0) is 38.1 Å². The monoisotopic (exact) mass is 321 g/mol. The Balaban J connectivity index is 2.05. The van der Waals surface area contributed by atoms with Crippen LogP contribution in [0.1, 0.15) is 26.0 Å². The molecule has 0 aliphatic heterocycles. The van der Waals surface area contributed by atoms with E-state index in [0.717, 1.165) is 40.9 Å². The highest BCUT2D eigenvalue weighted by Crippen LogP contribution is 2.29. The Morgan fingerprint density at radius 3 is 2.74 bits per heavy atom. The van der Waals surface area contributed by atoms with E-state index in [4.69, 9.17) is 4.42 Å². The third-order valence-electron chi connectivity index (χ3n) is 3.05. The van der Waals surface area contributed by atoms with Crippen LogP contribution >= 0.6 is 15.9 Å². The summed E-state index contributed by atoms with van der Waals surface area (Å²) in [5.74, 6) is 1.95. The number of rotatable bonds is 6. The lowest BCUT2D eigenvalue weighted by atomic mass is 10.2. The van der Waals surface area contributed by atoms with Gasteiger partial charge in [0.05, 0.1) is 0 Å². The minimum Gasteiger partial charge on any atom is -0.461 e. The van der Waals surface area contributed by atoms with Crippen LogP contribution in [0.25, 0.3) is 11.3 Å². The van der Waals surface area contributed by atoms with Gasteiger partial charge in [0.15, 0.2) is 0 Å². The maximum Gasteiger partial charge on any atom is 0.135 e. The smallest absolute Gasteiger partial charge is 0.135 e. The number of nitrogens with one attached hydrogen (secondary N) is 1. The van der Waals surface area contributed by atoms with Gasteiger partial charge in [0.25, 0.3) is 0 Å². The Bertz CT molecular complexity index is 521. The Morgan fingerprint density at radius 1 is 1.21 bits per heavy atom. The molecule has 0 fully saturated rings. The van der Waals surface area contributed by atoms with Gasteiger partial charge in [-0.2, -0.15) is 0 Å². The normalized spacial score (nSPS) is 12.6. The van der Waals surface area contributed by atoms with E-state index in [1.165, 1.54) is 0 Å². The van der Waals surface area contributed by atoms with Crippen molar-refractivity contribution >= 4 is 15.9 Å². The molecule has 1 unspecified atom stereocenters. The zero-order chi connectivity index (χ0) is 13.7. The van der Waals surface area contributed by atoms with Gasteiger partial charge in [-0.1, -0.05) is 41.1 Å². The van der Waals surface area contributed by atoms with Crippen molar-refractivity contribution in [1.82, 2.24) is 5.32 Å². The van der Waals surface area contributed by atoms with Gasteiger partial charge in [-0.15, -0.1) is 0 Å². The molecule has 0 aliphatic rings. The first-order chi connectivity index (χ1) is 9.20. The molecule has 2 aromatic rings. The minimum absolute atomic E-state index is 0.443. The van der Waals surface area contributed by atoms with Crippen molar-refractivity contribution in [2.45, 2.75) is 32.7 Å². The molecule has 0 aliphatic carbocycles. The van der Waals surface area contributed by atoms with E-state index < -0.39 is 0 Å². The Morgan fingerprint density at radius 2 is 2.00 bits per heavy atom. The van der Waals surface area contributed by atoms with Crippen LogP contribution in [0.2, 0.25) is 0 Å². The number of halogens is 1. The van der Waals surface area contributed by atoms with E-state index in [-0.39, 0.29) is 0 Å². The number of hydrogen-bond acceptors (Lipinski definition) is 2. The summed E-state index contributed by atoms with van der Waals surface area (Å²) in [5.41, 5.74) is 1.10. The molecule has 1 aromatic carbocycles. The molecule has 1 N–H and O–H groups in total. The maximum absolute atomic E-state index is 5.93. The molecular weight excluding hydrogens is 302 g/mol. The van der Waals surface area contributed by atoms with Gasteiger partial charge in [0.1, 0.15) is 11.5 Å². The number of hydrogen-bond donors (Lipinski definition) is 1. The van der Waals surface area contributed by atoms with Crippen LogP contribution < -0.4 is 5.32 Å². The molecule has 0 spiro atoms. The average molecular weight is 322 g/mol. The van der Waals surface area contributed by atoms with Crippen LogP contribution in [-0.2, 0) is 6.42 Å². The van der Waals surface area contributed by atoms with E-state index >= 15 is 0 Å². The lowest BCUT2D eigenvalue weighted by Crippen LogP contribution is -2.28. The van der Waals surface area contributed by atoms with Crippen LogP contribution in [0.15, 0.2) is 45.3 Å². The van der Waals surface area contributed by atoms with Crippen molar-refractivity contribution in [3.8, 4) is 11.3 Å². The first-order valence-electron chi connectivity index (χ1n) is 6.77. The van der Waals surface area contributed by atoms with Crippen LogP contribution in [0.5, 0.6) is 0 Å². The highest BCUT2D eigenvalue weighted by molar-refractivity contribution is 9.10. The fourth-order valence-corrected chi connectivity index (χ4v) is 2.54. The van der Waals surface area contributed by atoms with Crippen molar-refractivity contribution in [2.75, 3.05) is 6.54 Å². The minimum atomic E-state index is 0.443. The standard InChI is InChI=1S/C16H20BrNO/c1-3-10-18-12(2)11-13-8-9-16(19-13)14-6-4-5-7-15(14)17/h4-9,12,18H,3,10-11H2,1-2H3. The lowest BCUT2D eigenvalue weighted by molar-refractivity contribution is 0.464. The number of furan rings is 1. The van der Waals surface area contributed by atoms with Crippen LogP contribution in [-0.4, -0.2) is 12.6 Å². The zero-order valence-electron chi connectivity index (χ0n) is 11.4. The fourth-order valence-electron chi connectivity index (χ4n) is 2.06. The third-order valence-corrected chi connectivity index (χ3v) is 3.74. The number of benzene rings is 1. The predicted octanol–water partition coefficient (Wildman–Crippen LogP) is 4.64. The Labute approximate surface area is 123 Å². The quantitative estimate of drug-likeness (QED) is 0.838. The molecule has 2 rings (SSSR count). The molecule has 1 aromatic heterocycles. The molecule has 1 atom stereocenters.